The summed E-state index contributed by atoms with van der Waals surface area (Å²) < 4.78 is 0. The van der Waals surface area contributed by atoms with Gasteiger partial charge in [0.1, 0.15) is 0 Å². The number of rotatable bonds is 3. The summed E-state index contributed by atoms with van der Waals surface area (Å²) in [6.07, 6.45) is 1.70. The van der Waals surface area contributed by atoms with Crippen LogP contribution in [0.1, 0.15) is 23.2 Å². The van der Waals surface area contributed by atoms with Gasteiger partial charge in [-0.3, -0.25) is 4.79 Å². The second kappa shape index (κ2) is 5.53. The maximum atomic E-state index is 12.3. The lowest BCUT2D eigenvalue weighted by Crippen LogP contribution is -2.37. The molecule has 18 heavy (non-hydrogen) atoms. The maximum absolute atomic E-state index is 12.3. The highest BCUT2D eigenvalue weighted by Crippen LogP contribution is 2.25. The average molecular weight is 246 g/mol. The molecule has 1 saturated heterocycles. The van der Waals surface area contributed by atoms with Crippen LogP contribution in [0, 0.1) is 0 Å². The van der Waals surface area contributed by atoms with Crippen molar-refractivity contribution < 1.29 is 9.90 Å². The third-order valence-electron chi connectivity index (χ3n) is 3.14. The minimum absolute atomic E-state index is 0.0323. The fourth-order valence-corrected chi connectivity index (χ4v) is 2.24. The molecule has 1 amide bonds. The quantitative estimate of drug-likeness (QED) is 0.503. The summed E-state index contributed by atoms with van der Waals surface area (Å²) in [5, 5.41) is 12.7. The van der Waals surface area contributed by atoms with Crippen molar-refractivity contribution in [1.29, 1.82) is 0 Å². The second-order valence-electron chi connectivity index (χ2n) is 4.18. The lowest BCUT2D eigenvalue weighted by atomic mass is 10.1. The van der Waals surface area contributed by atoms with Crippen LogP contribution >= 0.6 is 0 Å². The van der Waals surface area contributed by atoms with Gasteiger partial charge in [0.15, 0.2) is 0 Å². The molecule has 0 aliphatic carbocycles. The molecule has 2 rings (SSSR count). The molecule has 6 heteroatoms. The van der Waals surface area contributed by atoms with Crippen LogP contribution in [0.3, 0.4) is 0 Å². The number of azide groups is 1. The summed E-state index contributed by atoms with van der Waals surface area (Å²) >= 11 is 0. The molecule has 0 radical (unpaired) electrons. The van der Waals surface area contributed by atoms with E-state index in [0.29, 0.717) is 17.8 Å². The molecule has 1 heterocycles. The Morgan fingerprint density at radius 3 is 3.06 bits per heavy atom. The van der Waals surface area contributed by atoms with Gasteiger partial charge in [-0.1, -0.05) is 23.3 Å². The second-order valence-corrected chi connectivity index (χ2v) is 4.18. The Morgan fingerprint density at radius 1 is 1.56 bits per heavy atom. The van der Waals surface area contributed by atoms with Gasteiger partial charge in [-0.2, -0.15) is 0 Å². The molecule has 1 aliphatic heterocycles. The lowest BCUT2D eigenvalue weighted by molar-refractivity contribution is 0.0678. The van der Waals surface area contributed by atoms with Gasteiger partial charge in [0.05, 0.1) is 18.3 Å². The SMILES string of the molecule is [N-]=[N+]=Nc1ccccc1C(=O)N1CCCC1CO. The first-order valence-electron chi connectivity index (χ1n) is 5.84. The number of aliphatic hydroxyl groups excluding tert-OH is 1. The Bertz CT molecular complexity index is 497. The number of carbonyl (C=O) groups excluding carboxylic acids is 1. The molecule has 0 bridgehead atoms. The Labute approximate surface area is 104 Å². The molecule has 1 aromatic rings. The van der Waals surface area contributed by atoms with E-state index in [-0.39, 0.29) is 18.6 Å². The third-order valence-corrected chi connectivity index (χ3v) is 3.14. The summed E-state index contributed by atoms with van der Waals surface area (Å²) in [6.45, 7) is 0.601. The van der Waals surface area contributed by atoms with Crippen LogP contribution in [0.2, 0.25) is 0 Å². The third kappa shape index (κ3) is 2.30. The normalized spacial score (nSPS) is 18.5. The number of likely N-dealkylation sites (tertiary alicyclic amines) is 1. The van der Waals surface area contributed by atoms with Gasteiger partial charge in [0.2, 0.25) is 0 Å². The smallest absolute Gasteiger partial charge is 0.254 e. The summed E-state index contributed by atoms with van der Waals surface area (Å²) in [5.74, 6) is -0.186. The molecule has 94 valence electrons. The van der Waals surface area contributed by atoms with E-state index in [0.717, 1.165) is 12.8 Å². The van der Waals surface area contributed by atoms with E-state index in [9.17, 15) is 9.90 Å². The maximum Gasteiger partial charge on any atom is 0.254 e. The van der Waals surface area contributed by atoms with Gasteiger partial charge >= 0.3 is 0 Å². The molecule has 1 N–H and O–H groups in total. The zero-order chi connectivity index (χ0) is 13.0. The number of hydrogen-bond acceptors (Lipinski definition) is 3. The predicted molar refractivity (Wildman–Crippen MR) is 66.4 cm³/mol. The van der Waals surface area contributed by atoms with Crippen molar-refractivity contribution in [1.82, 2.24) is 4.90 Å². The van der Waals surface area contributed by atoms with Crippen molar-refractivity contribution in [3.05, 3.63) is 40.3 Å². The molecule has 1 aromatic carbocycles. The predicted octanol–water partition coefficient (Wildman–Crippen LogP) is 2.23. The van der Waals surface area contributed by atoms with Crippen molar-refractivity contribution in [3.8, 4) is 0 Å². The Kier molecular flexibility index (Phi) is 3.82. The van der Waals surface area contributed by atoms with Gasteiger partial charge in [-0.25, -0.2) is 0 Å². The van der Waals surface area contributed by atoms with Crippen molar-refractivity contribution in [2.75, 3.05) is 13.2 Å². The fraction of sp³-hybridized carbons (Fsp3) is 0.417. The van der Waals surface area contributed by atoms with Crippen molar-refractivity contribution in [2.24, 2.45) is 5.11 Å². The van der Waals surface area contributed by atoms with E-state index in [4.69, 9.17) is 5.53 Å². The fourth-order valence-electron chi connectivity index (χ4n) is 2.24. The Balaban J connectivity index is 2.31. The van der Waals surface area contributed by atoms with Crippen molar-refractivity contribution in [3.63, 3.8) is 0 Å². The summed E-state index contributed by atoms with van der Waals surface area (Å²) in [7, 11) is 0. The average Bonchev–Trinajstić information content (AvgIpc) is 2.87. The highest BCUT2D eigenvalue weighted by atomic mass is 16.3. The van der Waals surface area contributed by atoms with E-state index in [2.05, 4.69) is 10.0 Å². The summed E-state index contributed by atoms with van der Waals surface area (Å²) in [5.41, 5.74) is 9.20. The van der Waals surface area contributed by atoms with Crippen LogP contribution < -0.4 is 0 Å². The van der Waals surface area contributed by atoms with Crippen LogP contribution in [-0.4, -0.2) is 35.1 Å². The minimum Gasteiger partial charge on any atom is -0.394 e. The van der Waals surface area contributed by atoms with Crippen LogP contribution in [0.25, 0.3) is 10.4 Å². The minimum atomic E-state index is -0.186. The first-order valence-corrected chi connectivity index (χ1v) is 5.84. The molecule has 1 aliphatic rings. The van der Waals surface area contributed by atoms with E-state index < -0.39 is 0 Å². The topological polar surface area (TPSA) is 89.3 Å². The molecule has 0 spiro atoms. The van der Waals surface area contributed by atoms with Crippen LogP contribution in [0.5, 0.6) is 0 Å². The molecule has 0 saturated carbocycles. The molecule has 1 atom stereocenters. The monoisotopic (exact) mass is 246 g/mol. The molecule has 1 unspecified atom stereocenters. The van der Waals surface area contributed by atoms with Crippen LogP contribution in [0.4, 0.5) is 5.69 Å². The van der Waals surface area contributed by atoms with Gasteiger partial charge in [-0.15, -0.1) is 0 Å². The van der Waals surface area contributed by atoms with Gasteiger partial charge in [0.25, 0.3) is 5.91 Å². The van der Waals surface area contributed by atoms with Crippen LogP contribution in [-0.2, 0) is 0 Å². The number of aliphatic hydroxyl groups is 1. The standard InChI is InChI=1S/C12H14N4O2/c13-15-14-11-6-2-1-5-10(11)12(18)16-7-3-4-9(16)8-17/h1-2,5-6,9,17H,3-4,7-8H2. The number of amides is 1. The number of benzene rings is 1. The van der Waals surface area contributed by atoms with E-state index in [1.165, 1.54) is 0 Å². The largest absolute Gasteiger partial charge is 0.394 e. The summed E-state index contributed by atoms with van der Waals surface area (Å²) in [4.78, 5) is 16.7. The Hall–Kier alpha value is -2.04. The lowest BCUT2D eigenvalue weighted by Gasteiger charge is -2.23. The molecular weight excluding hydrogens is 232 g/mol. The first-order chi connectivity index (χ1) is 8.77. The van der Waals surface area contributed by atoms with Gasteiger partial charge in [0, 0.05) is 17.0 Å². The highest BCUT2D eigenvalue weighted by Gasteiger charge is 2.29. The number of nitrogens with zero attached hydrogens (tertiary/aromatic N) is 4. The van der Waals surface area contributed by atoms with Gasteiger partial charge in [-0.05, 0) is 24.4 Å². The van der Waals surface area contributed by atoms with Gasteiger partial charge < -0.3 is 10.0 Å². The number of carbonyl (C=O) groups is 1. The van der Waals surface area contributed by atoms with E-state index in [1.807, 2.05) is 0 Å². The first kappa shape index (κ1) is 12.4. The van der Waals surface area contributed by atoms with Crippen molar-refractivity contribution >= 4 is 11.6 Å². The number of hydrogen-bond donors (Lipinski definition) is 1. The zero-order valence-corrected chi connectivity index (χ0v) is 9.86. The van der Waals surface area contributed by atoms with Crippen molar-refractivity contribution in [2.45, 2.75) is 18.9 Å². The Morgan fingerprint density at radius 2 is 2.33 bits per heavy atom. The molecule has 1 fully saturated rings. The molecule has 6 nitrogen and oxygen atoms in total. The van der Waals surface area contributed by atoms with E-state index in [1.54, 1.807) is 29.2 Å². The summed E-state index contributed by atoms with van der Waals surface area (Å²) in [6, 6.07) is 6.56. The highest BCUT2D eigenvalue weighted by molar-refractivity contribution is 5.99. The van der Waals surface area contributed by atoms with E-state index >= 15 is 0 Å². The molecular formula is C12H14N4O2. The molecule has 0 aromatic heterocycles. The van der Waals surface area contributed by atoms with Crippen LogP contribution in [0.15, 0.2) is 29.4 Å². The zero-order valence-electron chi connectivity index (χ0n) is 9.86.